The Morgan fingerprint density at radius 1 is 1.19 bits per heavy atom. The van der Waals surface area contributed by atoms with E-state index in [1.165, 1.54) is 43.6 Å². The summed E-state index contributed by atoms with van der Waals surface area (Å²) in [5, 5.41) is 5.78. The third-order valence-corrected chi connectivity index (χ3v) is 7.06. The van der Waals surface area contributed by atoms with Crippen LogP contribution in [0, 0.1) is 18.7 Å². The first kappa shape index (κ1) is 27.7. The van der Waals surface area contributed by atoms with Gasteiger partial charge in [0, 0.05) is 29.9 Å². The molecule has 0 saturated heterocycles. The Kier molecular flexibility index (Phi) is 8.53. The molecule has 2 aromatic carbocycles. The summed E-state index contributed by atoms with van der Waals surface area (Å²) in [5.41, 5.74) is 7.14. The maximum atomic E-state index is 13.9. The summed E-state index contributed by atoms with van der Waals surface area (Å²) in [7, 11) is -2.53. The second kappa shape index (κ2) is 11.4. The number of methoxy groups -OCH3 is 1. The lowest BCUT2D eigenvalue weighted by Crippen LogP contribution is -2.30. The monoisotopic (exact) mass is 532 g/mol. The highest BCUT2D eigenvalue weighted by atomic mass is 32.2. The average Bonchev–Trinajstić information content (AvgIpc) is 2.83. The number of alkyl carbamates (subject to hydrolysis) is 1. The van der Waals surface area contributed by atoms with Crippen molar-refractivity contribution in [2.75, 3.05) is 31.3 Å². The minimum atomic E-state index is -3.85. The van der Waals surface area contributed by atoms with Crippen LogP contribution in [-0.4, -0.2) is 51.4 Å². The Morgan fingerprint density at radius 2 is 1.92 bits per heavy atom. The van der Waals surface area contributed by atoms with Gasteiger partial charge in [-0.05, 0) is 42.7 Å². The number of hydrogen-bond donors (Lipinski definition) is 3. The predicted octanol–water partition coefficient (Wildman–Crippen LogP) is 3.69. The molecule has 0 bridgehead atoms. The van der Waals surface area contributed by atoms with Crippen LogP contribution in [0.1, 0.15) is 29.8 Å². The number of anilines is 2. The molecule has 12 heteroatoms. The number of amides is 2. The number of halogens is 1. The molecule has 0 atom stereocenters. The van der Waals surface area contributed by atoms with Crippen LogP contribution < -0.4 is 21.1 Å². The van der Waals surface area contributed by atoms with Crippen LogP contribution >= 0.6 is 0 Å². The van der Waals surface area contributed by atoms with Crippen LogP contribution in [0.3, 0.4) is 0 Å². The SMILES string of the molecule is COc1cc(Nc2c(C(N)=O)cnc3c(C)cc(S(=O)(=O)CCNC(=O)OCC(C)C)cc23)ccc1F. The molecule has 1 heterocycles. The summed E-state index contributed by atoms with van der Waals surface area (Å²) in [4.78, 5) is 28.2. The van der Waals surface area contributed by atoms with Crippen LogP contribution in [0.4, 0.5) is 20.6 Å². The first-order valence-corrected chi connectivity index (χ1v) is 13.0. The zero-order valence-electron chi connectivity index (χ0n) is 20.9. The van der Waals surface area contributed by atoms with Gasteiger partial charge < -0.3 is 25.8 Å². The largest absolute Gasteiger partial charge is 0.494 e. The van der Waals surface area contributed by atoms with Gasteiger partial charge in [0.2, 0.25) is 0 Å². The zero-order valence-corrected chi connectivity index (χ0v) is 21.7. The number of sulfone groups is 1. The molecule has 0 aliphatic heterocycles. The number of aromatic nitrogens is 1. The second-order valence-electron chi connectivity index (χ2n) is 8.76. The molecule has 0 fully saturated rings. The Bertz CT molecular complexity index is 1440. The maximum Gasteiger partial charge on any atom is 0.407 e. The fourth-order valence-electron chi connectivity index (χ4n) is 3.53. The standard InChI is InChI=1S/C25H29FN4O6S/c1-14(2)13-36-25(32)28-7-8-37(33,34)17-9-15(3)22-18(11-17)23(19(12-29-22)24(27)31)30-16-5-6-20(26)21(10-16)35-4/h5-6,9-12,14H,7-8,13H2,1-4H3,(H2,27,31)(H,28,32)(H,29,30). The van der Waals surface area contributed by atoms with Crippen molar-refractivity contribution in [3.63, 3.8) is 0 Å². The van der Waals surface area contributed by atoms with Gasteiger partial charge in [-0.2, -0.15) is 0 Å². The first-order valence-electron chi connectivity index (χ1n) is 11.4. The highest BCUT2D eigenvalue weighted by Crippen LogP contribution is 2.34. The van der Waals surface area contributed by atoms with E-state index in [-0.39, 0.29) is 46.7 Å². The summed E-state index contributed by atoms with van der Waals surface area (Å²) in [6.07, 6.45) is 0.594. The number of fused-ring (bicyclic) bond motifs is 1. The van der Waals surface area contributed by atoms with Crippen LogP contribution in [0.2, 0.25) is 0 Å². The van der Waals surface area contributed by atoms with Gasteiger partial charge in [0.25, 0.3) is 5.91 Å². The average molecular weight is 533 g/mol. The van der Waals surface area contributed by atoms with Gasteiger partial charge in [0.05, 0.1) is 41.1 Å². The molecule has 2 amide bonds. The van der Waals surface area contributed by atoms with E-state index in [0.717, 1.165) is 0 Å². The van der Waals surface area contributed by atoms with Gasteiger partial charge in [-0.3, -0.25) is 9.78 Å². The van der Waals surface area contributed by atoms with E-state index in [4.69, 9.17) is 15.2 Å². The van der Waals surface area contributed by atoms with Crippen LogP contribution in [0.25, 0.3) is 10.9 Å². The number of rotatable bonds is 10. The van der Waals surface area contributed by atoms with Crippen molar-refractivity contribution >= 4 is 44.1 Å². The topological polar surface area (TPSA) is 150 Å². The highest BCUT2D eigenvalue weighted by Gasteiger charge is 2.21. The number of aryl methyl sites for hydroxylation is 1. The molecule has 0 spiro atoms. The Hall–Kier alpha value is -3.93. The summed E-state index contributed by atoms with van der Waals surface area (Å²) in [5.74, 6) is -1.62. The van der Waals surface area contributed by atoms with Crippen molar-refractivity contribution in [1.82, 2.24) is 10.3 Å². The van der Waals surface area contributed by atoms with Crippen molar-refractivity contribution in [2.24, 2.45) is 11.7 Å². The van der Waals surface area contributed by atoms with Gasteiger partial charge >= 0.3 is 6.09 Å². The van der Waals surface area contributed by atoms with Gasteiger partial charge in [-0.25, -0.2) is 17.6 Å². The van der Waals surface area contributed by atoms with E-state index in [1.807, 2.05) is 13.8 Å². The summed E-state index contributed by atoms with van der Waals surface area (Å²) < 4.78 is 50.1. The Morgan fingerprint density at radius 3 is 2.57 bits per heavy atom. The highest BCUT2D eigenvalue weighted by molar-refractivity contribution is 7.91. The quantitative estimate of drug-likeness (QED) is 0.358. The third-order valence-electron chi connectivity index (χ3n) is 5.37. The molecule has 1 aromatic heterocycles. The van der Waals surface area contributed by atoms with Crippen molar-refractivity contribution in [2.45, 2.75) is 25.7 Å². The fraction of sp³-hybridized carbons (Fsp3) is 0.320. The smallest absolute Gasteiger partial charge is 0.407 e. The van der Waals surface area contributed by atoms with Crippen molar-refractivity contribution < 1.29 is 31.9 Å². The lowest BCUT2D eigenvalue weighted by atomic mass is 10.1. The number of nitrogens with zero attached hydrogens (tertiary/aromatic N) is 1. The molecular weight excluding hydrogens is 503 g/mol. The lowest BCUT2D eigenvalue weighted by Gasteiger charge is -2.16. The number of benzene rings is 2. The molecule has 3 aromatic rings. The van der Waals surface area contributed by atoms with E-state index < -0.39 is 27.7 Å². The molecule has 0 aliphatic carbocycles. The molecule has 4 N–H and O–H groups in total. The lowest BCUT2D eigenvalue weighted by molar-refractivity contribution is 0.100. The number of carbonyl (C=O) groups excluding carboxylic acids is 2. The molecule has 37 heavy (non-hydrogen) atoms. The van der Waals surface area contributed by atoms with Crippen LogP contribution in [0.15, 0.2) is 41.4 Å². The normalized spacial score (nSPS) is 11.4. The number of hydrogen-bond acceptors (Lipinski definition) is 8. The minimum absolute atomic E-state index is 0.0132. The van der Waals surface area contributed by atoms with Gasteiger partial charge in [0.15, 0.2) is 21.4 Å². The minimum Gasteiger partial charge on any atom is -0.494 e. The number of pyridine rings is 1. The number of carbonyl (C=O) groups is 2. The third kappa shape index (κ3) is 6.64. The summed E-state index contributed by atoms with van der Waals surface area (Å²) in [6.45, 7) is 5.51. The molecule has 0 saturated carbocycles. The van der Waals surface area contributed by atoms with E-state index in [2.05, 4.69) is 15.6 Å². The maximum absolute atomic E-state index is 13.9. The number of primary amides is 1. The number of nitrogens with one attached hydrogen (secondary N) is 2. The molecule has 198 valence electrons. The second-order valence-corrected chi connectivity index (χ2v) is 10.9. The molecule has 0 radical (unpaired) electrons. The van der Waals surface area contributed by atoms with Crippen LogP contribution in [-0.2, 0) is 14.6 Å². The molecule has 3 rings (SSSR count). The zero-order chi connectivity index (χ0) is 27.3. The van der Waals surface area contributed by atoms with E-state index in [1.54, 1.807) is 6.92 Å². The van der Waals surface area contributed by atoms with E-state index in [0.29, 0.717) is 22.2 Å². The molecular formula is C25H29FN4O6S. The molecule has 0 unspecified atom stereocenters. The Labute approximate surface area is 214 Å². The molecule has 10 nitrogen and oxygen atoms in total. The van der Waals surface area contributed by atoms with E-state index in [9.17, 15) is 22.4 Å². The van der Waals surface area contributed by atoms with Crippen molar-refractivity contribution in [1.29, 1.82) is 0 Å². The fourth-order valence-corrected chi connectivity index (χ4v) is 4.79. The number of nitrogens with two attached hydrogens (primary N) is 1. The Balaban J connectivity index is 1.99. The summed E-state index contributed by atoms with van der Waals surface area (Å²) >= 11 is 0. The predicted molar refractivity (Wildman–Crippen MR) is 137 cm³/mol. The van der Waals surface area contributed by atoms with Crippen molar-refractivity contribution in [3.05, 3.63) is 53.5 Å². The number of ether oxygens (including phenoxy) is 2. The van der Waals surface area contributed by atoms with Gasteiger partial charge in [-0.1, -0.05) is 13.8 Å². The summed E-state index contributed by atoms with van der Waals surface area (Å²) in [6, 6.07) is 6.87. The van der Waals surface area contributed by atoms with Gasteiger partial charge in [0.1, 0.15) is 0 Å². The van der Waals surface area contributed by atoms with E-state index >= 15 is 0 Å². The first-order chi connectivity index (χ1) is 17.4. The molecule has 0 aliphatic rings. The van der Waals surface area contributed by atoms with Crippen molar-refractivity contribution in [3.8, 4) is 5.75 Å². The van der Waals surface area contributed by atoms with Gasteiger partial charge in [-0.15, -0.1) is 0 Å². The van der Waals surface area contributed by atoms with Crippen LogP contribution in [0.5, 0.6) is 5.75 Å².